The Kier molecular flexibility index (Phi) is 4.23. The smallest absolute Gasteiger partial charge is 0.127 e. The van der Waals surface area contributed by atoms with Crippen molar-refractivity contribution in [2.75, 3.05) is 0 Å². The first-order valence-electron chi connectivity index (χ1n) is 6.90. The summed E-state index contributed by atoms with van der Waals surface area (Å²) in [5, 5.41) is 0. The van der Waals surface area contributed by atoms with Gasteiger partial charge in [-0.25, -0.2) is 0 Å². The van der Waals surface area contributed by atoms with Crippen LogP contribution in [0.15, 0.2) is 12.3 Å². The molecule has 3 nitrogen and oxygen atoms in total. The van der Waals surface area contributed by atoms with Crippen molar-refractivity contribution in [3.63, 3.8) is 0 Å². The van der Waals surface area contributed by atoms with Crippen molar-refractivity contribution in [2.45, 2.75) is 52.7 Å². The Balaban J connectivity index is 2.10. The molecule has 1 fully saturated rings. The van der Waals surface area contributed by atoms with Gasteiger partial charge < -0.3 is 10.5 Å². The number of nitrogens with zero attached hydrogens (tertiary/aromatic N) is 1. The van der Waals surface area contributed by atoms with Crippen LogP contribution in [0.4, 0.5) is 0 Å². The van der Waals surface area contributed by atoms with Crippen molar-refractivity contribution in [1.29, 1.82) is 0 Å². The molecule has 0 bridgehead atoms. The molecule has 3 heteroatoms. The van der Waals surface area contributed by atoms with Crippen LogP contribution in [0.25, 0.3) is 0 Å². The van der Waals surface area contributed by atoms with Crippen LogP contribution in [-0.4, -0.2) is 11.1 Å². The van der Waals surface area contributed by atoms with E-state index in [-0.39, 0.29) is 0 Å². The van der Waals surface area contributed by atoms with Crippen molar-refractivity contribution in [3.05, 3.63) is 23.5 Å². The Labute approximate surface area is 110 Å². The summed E-state index contributed by atoms with van der Waals surface area (Å²) in [6.45, 7) is 7.10. The third-order valence-electron chi connectivity index (χ3n) is 3.73. The van der Waals surface area contributed by atoms with Crippen LogP contribution in [0.5, 0.6) is 5.75 Å². The van der Waals surface area contributed by atoms with Gasteiger partial charge in [0.2, 0.25) is 0 Å². The normalized spacial score (nSPS) is 28.1. The Morgan fingerprint density at radius 2 is 1.94 bits per heavy atom. The van der Waals surface area contributed by atoms with Crippen molar-refractivity contribution in [2.24, 2.45) is 17.6 Å². The topological polar surface area (TPSA) is 48.1 Å². The molecule has 1 aromatic rings. The zero-order chi connectivity index (χ0) is 13.1. The average Bonchev–Trinajstić information content (AvgIpc) is 2.27. The first-order chi connectivity index (χ1) is 8.58. The molecule has 1 saturated carbocycles. The molecule has 1 heterocycles. The summed E-state index contributed by atoms with van der Waals surface area (Å²) in [4.78, 5) is 4.27. The largest absolute Gasteiger partial charge is 0.490 e. The van der Waals surface area contributed by atoms with E-state index in [1.165, 1.54) is 6.42 Å². The first-order valence-corrected chi connectivity index (χ1v) is 6.90. The molecule has 0 amide bonds. The van der Waals surface area contributed by atoms with Gasteiger partial charge in [0.1, 0.15) is 5.75 Å². The quantitative estimate of drug-likeness (QED) is 0.894. The second-order valence-electron chi connectivity index (χ2n) is 5.79. The molecule has 2 rings (SSSR count). The van der Waals surface area contributed by atoms with Gasteiger partial charge in [0.05, 0.1) is 6.10 Å². The lowest BCUT2D eigenvalue weighted by Crippen LogP contribution is -2.29. The minimum Gasteiger partial charge on any atom is -0.490 e. The number of nitrogens with two attached hydrogens (primary N) is 1. The molecule has 100 valence electrons. The minimum absolute atomic E-state index is 0.329. The molecule has 0 aliphatic heterocycles. The fourth-order valence-electron chi connectivity index (χ4n) is 2.97. The monoisotopic (exact) mass is 248 g/mol. The number of aryl methyl sites for hydroxylation is 1. The summed E-state index contributed by atoms with van der Waals surface area (Å²) in [5.74, 6) is 2.43. The highest BCUT2D eigenvalue weighted by atomic mass is 16.5. The van der Waals surface area contributed by atoms with Gasteiger partial charge in [0, 0.05) is 30.1 Å². The zero-order valence-corrected chi connectivity index (χ0v) is 11.6. The van der Waals surface area contributed by atoms with Crippen molar-refractivity contribution in [1.82, 2.24) is 4.98 Å². The zero-order valence-electron chi connectivity index (χ0n) is 11.6. The molecule has 0 saturated heterocycles. The summed E-state index contributed by atoms with van der Waals surface area (Å²) >= 11 is 0. The number of ether oxygens (including phenoxy) is 1. The molecule has 2 atom stereocenters. The lowest BCUT2D eigenvalue weighted by Gasteiger charge is -2.32. The van der Waals surface area contributed by atoms with E-state index in [0.717, 1.165) is 41.7 Å². The van der Waals surface area contributed by atoms with Gasteiger partial charge in [-0.05, 0) is 38.0 Å². The summed E-state index contributed by atoms with van der Waals surface area (Å²) in [5.41, 5.74) is 7.73. The van der Waals surface area contributed by atoms with Crippen LogP contribution in [0.3, 0.4) is 0 Å². The number of rotatable bonds is 3. The summed E-state index contributed by atoms with van der Waals surface area (Å²) in [6.07, 6.45) is 5.78. The molecular weight excluding hydrogens is 224 g/mol. The number of aromatic nitrogens is 1. The van der Waals surface area contributed by atoms with Crippen molar-refractivity contribution < 1.29 is 4.74 Å². The fourth-order valence-corrected chi connectivity index (χ4v) is 2.97. The van der Waals surface area contributed by atoms with Gasteiger partial charge in [0.25, 0.3) is 0 Å². The lowest BCUT2D eigenvalue weighted by molar-refractivity contribution is 0.0999. The Bertz CT molecular complexity index is 395. The highest BCUT2D eigenvalue weighted by molar-refractivity contribution is 5.32. The first kappa shape index (κ1) is 13.3. The maximum atomic E-state index is 6.18. The van der Waals surface area contributed by atoms with E-state index in [2.05, 4.69) is 18.8 Å². The second kappa shape index (κ2) is 5.70. The van der Waals surface area contributed by atoms with Crippen LogP contribution >= 0.6 is 0 Å². The van der Waals surface area contributed by atoms with Gasteiger partial charge in [-0.3, -0.25) is 4.98 Å². The molecule has 0 radical (unpaired) electrons. The van der Waals surface area contributed by atoms with E-state index < -0.39 is 0 Å². The predicted molar refractivity (Wildman–Crippen MR) is 73.5 cm³/mol. The number of hydrogen-bond donors (Lipinski definition) is 1. The minimum atomic E-state index is 0.329. The highest BCUT2D eigenvalue weighted by Gasteiger charge is 2.25. The molecule has 2 N–H and O–H groups in total. The maximum Gasteiger partial charge on any atom is 0.127 e. The molecule has 1 aliphatic carbocycles. The van der Waals surface area contributed by atoms with Crippen LogP contribution in [0, 0.1) is 18.8 Å². The van der Waals surface area contributed by atoms with Gasteiger partial charge in [-0.15, -0.1) is 0 Å². The Morgan fingerprint density at radius 1 is 1.28 bits per heavy atom. The van der Waals surface area contributed by atoms with E-state index >= 15 is 0 Å². The van der Waals surface area contributed by atoms with E-state index in [1.807, 2.05) is 19.2 Å². The fraction of sp³-hybridized carbons (Fsp3) is 0.667. The third-order valence-corrected chi connectivity index (χ3v) is 3.73. The number of hydrogen-bond acceptors (Lipinski definition) is 3. The number of pyridine rings is 1. The summed E-state index contributed by atoms with van der Waals surface area (Å²) in [6, 6.07) is 2.01. The molecule has 1 aliphatic rings. The Hall–Kier alpha value is -1.09. The van der Waals surface area contributed by atoms with E-state index in [0.29, 0.717) is 12.6 Å². The molecule has 0 spiro atoms. The Morgan fingerprint density at radius 3 is 2.56 bits per heavy atom. The van der Waals surface area contributed by atoms with E-state index in [9.17, 15) is 0 Å². The van der Waals surface area contributed by atoms with Crippen LogP contribution in [-0.2, 0) is 6.54 Å². The molecule has 1 aromatic heterocycles. The highest BCUT2D eigenvalue weighted by Crippen LogP contribution is 2.32. The van der Waals surface area contributed by atoms with Crippen LogP contribution in [0.1, 0.15) is 44.4 Å². The predicted octanol–water partition coefficient (Wildman–Crippen LogP) is 3.05. The van der Waals surface area contributed by atoms with Gasteiger partial charge in [-0.2, -0.15) is 0 Å². The molecular formula is C15H24N2O. The summed E-state index contributed by atoms with van der Waals surface area (Å²) < 4.78 is 6.18. The maximum absolute atomic E-state index is 6.18. The van der Waals surface area contributed by atoms with Crippen molar-refractivity contribution in [3.8, 4) is 5.75 Å². The SMILES string of the molecule is Cc1cc(OC2CC(C)CC(C)C2)c(CN)cn1. The standard InChI is InChI=1S/C15H24N2O/c1-10-4-11(2)6-14(5-10)18-15-7-12(3)17-9-13(15)8-16/h7,9-11,14H,4-6,8,16H2,1-3H3. The lowest BCUT2D eigenvalue weighted by atomic mass is 9.82. The van der Waals surface area contributed by atoms with Gasteiger partial charge in [0.15, 0.2) is 0 Å². The molecule has 18 heavy (non-hydrogen) atoms. The van der Waals surface area contributed by atoms with Crippen LogP contribution in [0.2, 0.25) is 0 Å². The van der Waals surface area contributed by atoms with Crippen LogP contribution < -0.4 is 10.5 Å². The van der Waals surface area contributed by atoms with E-state index in [4.69, 9.17) is 10.5 Å². The third kappa shape index (κ3) is 3.22. The average molecular weight is 248 g/mol. The van der Waals surface area contributed by atoms with Crippen molar-refractivity contribution >= 4 is 0 Å². The van der Waals surface area contributed by atoms with Gasteiger partial charge >= 0.3 is 0 Å². The molecule has 0 aromatic carbocycles. The van der Waals surface area contributed by atoms with E-state index in [1.54, 1.807) is 0 Å². The second-order valence-corrected chi connectivity index (χ2v) is 5.79. The molecule has 2 unspecified atom stereocenters. The van der Waals surface area contributed by atoms with Gasteiger partial charge in [-0.1, -0.05) is 13.8 Å². The summed E-state index contributed by atoms with van der Waals surface area (Å²) in [7, 11) is 0.